The molecule has 1 aliphatic rings. The van der Waals surface area contributed by atoms with Crippen molar-refractivity contribution >= 4 is 11.1 Å². The zero-order valence-corrected chi connectivity index (χ0v) is 12.7. The van der Waals surface area contributed by atoms with Crippen LogP contribution in [0.3, 0.4) is 0 Å². The number of benzene rings is 1. The summed E-state index contributed by atoms with van der Waals surface area (Å²) in [5.74, 6) is -0.772. The number of hydrogen-bond donors (Lipinski definition) is 0. The number of methoxy groups -OCH3 is 1. The predicted molar refractivity (Wildman–Crippen MR) is 59.0 cm³/mol. The molecule has 0 spiro atoms. The fourth-order valence-corrected chi connectivity index (χ4v) is 1.85. The fraction of sp³-hybridized carbons (Fsp3) is 0.154. The van der Waals surface area contributed by atoms with Crippen LogP contribution in [0.2, 0.25) is 0 Å². The molecule has 0 saturated heterocycles. The number of allylic oxidation sites excluding steroid dienone is 3. The SMILES string of the molecule is CO/C([O-])=C1/C=C(C#N)c2ccc(C(F)(F)F)cc21.[Na+]. The molecule has 1 aromatic carbocycles. The molecule has 7 heteroatoms. The first-order chi connectivity index (χ1) is 8.88. The number of rotatable bonds is 1. The van der Waals surface area contributed by atoms with E-state index in [2.05, 4.69) is 4.74 Å². The number of alkyl halides is 3. The van der Waals surface area contributed by atoms with Gasteiger partial charge in [0.25, 0.3) is 0 Å². The summed E-state index contributed by atoms with van der Waals surface area (Å²) in [6, 6.07) is 4.75. The van der Waals surface area contributed by atoms with Gasteiger partial charge in [0, 0.05) is 11.1 Å². The molecule has 1 aromatic rings. The summed E-state index contributed by atoms with van der Waals surface area (Å²) in [7, 11) is 1.13. The van der Waals surface area contributed by atoms with Crippen molar-refractivity contribution in [2.75, 3.05) is 7.11 Å². The third-order valence-corrected chi connectivity index (χ3v) is 2.74. The molecule has 0 aliphatic heterocycles. The van der Waals surface area contributed by atoms with Gasteiger partial charge in [-0.25, -0.2) is 0 Å². The smallest absolute Gasteiger partial charge is 0.616 e. The first kappa shape index (κ1) is 16.6. The van der Waals surface area contributed by atoms with Crippen molar-refractivity contribution in [1.29, 1.82) is 5.26 Å². The second-order valence-corrected chi connectivity index (χ2v) is 3.83. The topological polar surface area (TPSA) is 56.1 Å². The maximum atomic E-state index is 12.6. The molecule has 0 fully saturated rings. The second kappa shape index (κ2) is 5.92. The van der Waals surface area contributed by atoms with Gasteiger partial charge in [0.2, 0.25) is 0 Å². The van der Waals surface area contributed by atoms with Crippen LogP contribution in [0.5, 0.6) is 0 Å². The van der Waals surface area contributed by atoms with Crippen LogP contribution in [0.1, 0.15) is 16.7 Å². The quantitative estimate of drug-likeness (QED) is 0.508. The van der Waals surface area contributed by atoms with E-state index in [0.29, 0.717) is 5.56 Å². The first-order valence-corrected chi connectivity index (χ1v) is 5.17. The monoisotopic (exact) mass is 289 g/mol. The van der Waals surface area contributed by atoms with E-state index >= 15 is 0 Å². The van der Waals surface area contributed by atoms with E-state index in [1.165, 1.54) is 12.1 Å². The van der Waals surface area contributed by atoms with E-state index in [0.717, 1.165) is 19.2 Å². The first-order valence-electron chi connectivity index (χ1n) is 5.17. The van der Waals surface area contributed by atoms with Gasteiger partial charge in [-0.05, 0) is 30.9 Å². The molecule has 0 unspecified atom stereocenters. The maximum Gasteiger partial charge on any atom is 1.00 e. The number of ether oxygens (including phenoxy) is 1. The van der Waals surface area contributed by atoms with Gasteiger partial charge in [0.15, 0.2) is 0 Å². The molecule has 0 radical (unpaired) electrons. The summed E-state index contributed by atoms with van der Waals surface area (Å²) >= 11 is 0. The van der Waals surface area contributed by atoms with Crippen LogP contribution < -0.4 is 34.7 Å². The molecule has 0 N–H and O–H groups in total. The van der Waals surface area contributed by atoms with Gasteiger partial charge in [-0.2, -0.15) is 18.4 Å². The zero-order chi connectivity index (χ0) is 14.2. The van der Waals surface area contributed by atoms with E-state index in [1.807, 2.05) is 6.07 Å². The van der Waals surface area contributed by atoms with E-state index < -0.39 is 17.7 Å². The Kier molecular flexibility index (Phi) is 4.92. The van der Waals surface area contributed by atoms with E-state index in [9.17, 15) is 18.3 Å². The summed E-state index contributed by atoms with van der Waals surface area (Å²) in [6.07, 6.45) is -3.28. The van der Waals surface area contributed by atoms with Crippen molar-refractivity contribution in [2.45, 2.75) is 6.18 Å². The second-order valence-electron chi connectivity index (χ2n) is 3.83. The van der Waals surface area contributed by atoms with Crippen molar-refractivity contribution in [3.8, 4) is 6.07 Å². The molecule has 3 nitrogen and oxygen atoms in total. The molecular weight excluding hydrogens is 282 g/mol. The van der Waals surface area contributed by atoms with Crippen molar-refractivity contribution in [1.82, 2.24) is 0 Å². The molecule has 0 amide bonds. The largest absolute Gasteiger partial charge is 1.00 e. The van der Waals surface area contributed by atoms with Crippen molar-refractivity contribution in [2.24, 2.45) is 0 Å². The van der Waals surface area contributed by atoms with Crippen molar-refractivity contribution in [3.63, 3.8) is 0 Å². The van der Waals surface area contributed by atoms with E-state index in [1.54, 1.807) is 0 Å². The summed E-state index contributed by atoms with van der Waals surface area (Å²) in [5.41, 5.74) is -0.404. The van der Waals surface area contributed by atoms with E-state index in [4.69, 9.17) is 5.26 Å². The van der Waals surface area contributed by atoms with Gasteiger partial charge in [-0.3, -0.25) is 0 Å². The summed E-state index contributed by atoms with van der Waals surface area (Å²) in [4.78, 5) is 0. The Bertz CT molecular complexity index is 642. The number of fused-ring (bicyclic) bond motifs is 1. The Morgan fingerprint density at radius 3 is 2.45 bits per heavy atom. The molecule has 20 heavy (non-hydrogen) atoms. The normalized spacial score (nSPS) is 15.7. The fourth-order valence-electron chi connectivity index (χ4n) is 1.85. The van der Waals surface area contributed by atoms with Crippen LogP contribution in [-0.4, -0.2) is 7.11 Å². The van der Waals surface area contributed by atoms with Crippen LogP contribution in [-0.2, 0) is 10.9 Å². The Morgan fingerprint density at radius 2 is 1.95 bits per heavy atom. The van der Waals surface area contributed by atoms with Gasteiger partial charge < -0.3 is 9.84 Å². The van der Waals surface area contributed by atoms with Crippen LogP contribution >= 0.6 is 0 Å². The number of nitriles is 1. The van der Waals surface area contributed by atoms with E-state index in [-0.39, 0.29) is 46.3 Å². The molecule has 2 rings (SSSR count). The van der Waals surface area contributed by atoms with Gasteiger partial charge in [-0.1, -0.05) is 6.07 Å². The minimum atomic E-state index is -4.51. The minimum Gasteiger partial charge on any atom is -0.616 e. The Balaban J connectivity index is 0.00000200. The van der Waals surface area contributed by atoms with Crippen LogP contribution in [0.4, 0.5) is 13.2 Å². The number of halogens is 3. The summed E-state index contributed by atoms with van der Waals surface area (Å²) in [5, 5.41) is 20.4. The van der Waals surface area contributed by atoms with Gasteiger partial charge in [0.1, 0.15) is 0 Å². The Morgan fingerprint density at radius 1 is 1.30 bits per heavy atom. The van der Waals surface area contributed by atoms with Crippen LogP contribution in [0.25, 0.3) is 11.1 Å². The standard InChI is InChI=1S/C13H8F3NO2.Na/c1-19-12(18)11-4-7(6-17)9-3-2-8(5-10(9)11)13(14,15)16;/h2-5,18H,1H3;/q;+1/p-1/b12-11-;. The van der Waals surface area contributed by atoms with Gasteiger partial charge in [-0.15, -0.1) is 0 Å². The van der Waals surface area contributed by atoms with Crippen molar-refractivity contribution in [3.05, 3.63) is 46.9 Å². The maximum absolute atomic E-state index is 12.6. The van der Waals surface area contributed by atoms with Crippen molar-refractivity contribution < 1.29 is 52.6 Å². The van der Waals surface area contributed by atoms with Gasteiger partial charge >= 0.3 is 35.7 Å². The van der Waals surface area contributed by atoms with Crippen LogP contribution in [0, 0.1) is 11.3 Å². The summed E-state index contributed by atoms with van der Waals surface area (Å²) < 4.78 is 42.4. The number of hydrogen-bond acceptors (Lipinski definition) is 3. The molecule has 0 aromatic heterocycles. The molecule has 0 atom stereocenters. The third-order valence-electron chi connectivity index (χ3n) is 2.74. The zero-order valence-electron chi connectivity index (χ0n) is 10.7. The predicted octanol–water partition coefficient (Wildman–Crippen LogP) is -0.695. The van der Waals surface area contributed by atoms with Gasteiger partial charge in [0.05, 0.1) is 23.2 Å². The Labute approximate surface area is 135 Å². The molecule has 0 heterocycles. The molecular formula is C13H7F3NNaO2. The molecule has 1 aliphatic carbocycles. The minimum absolute atomic E-state index is 0. The molecule has 0 saturated carbocycles. The Hall–Kier alpha value is -1.42. The molecule has 98 valence electrons. The van der Waals surface area contributed by atoms with Crippen LogP contribution in [0.15, 0.2) is 30.2 Å². The number of nitrogens with zero attached hydrogens (tertiary/aromatic N) is 1. The molecule has 0 bridgehead atoms. The third kappa shape index (κ3) is 2.85. The average molecular weight is 289 g/mol. The summed E-state index contributed by atoms with van der Waals surface area (Å²) in [6.45, 7) is 0. The average Bonchev–Trinajstić information content (AvgIpc) is 2.74.